The highest BCUT2D eigenvalue weighted by molar-refractivity contribution is 5.32. The Kier molecular flexibility index (Phi) is 3.25. The molecule has 0 saturated heterocycles. The minimum absolute atomic E-state index is 0.00648. The molecule has 0 aliphatic rings. The zero-order valence-corrected chi connectivity index (χ0v) is 8.63. The Balaban J connectivity index is 2.99. The highest BCUT2D eigenvalue weighted by Gasteiger charge is 2.22. The maximum Gasteiger partial charge on any atom is 0.342 e. The Morgan fingerprint density at radius 1 is 1.53 bits per heavy atom. The fraction of sp³-hybridized carbons (Fsp3) is 0.625. The normalized spacial score (nSPS) is 14.6. The second-order valence-electron chi connectivity index (χ2n) is 3.55. The number of hydrogen-bond donors (Lipinski definition) is 4. The number of aliphatic hydroxyl groups is 1. The first kappa shape index (κ1) is 11.4. The summed E-state index contributed by atoms with van der Waals surface area (Å²) in [5, 5.41) is 17.6. The van der Waals surface area contributed by atoms with Crippen molar-refractivity contribution < 1.29 is 5.11 Å². The summed E-state index contributed by atoms with van der Waals surface area (Å²) in [7, 11) is 0. The molecule has 1 unspecified atom stereocenters. The molecule has 0 bridgehead atoms. The van der Waals surface area contributed by atoms with Gasteiger partial charge in [-0.05, 0) is 13.3 Å². The molecular formula is C8H14N4O3. The zero-order chi connectivity index (χ0) is 11.5. The Morgan fingerprint density at radius 3 is 2.67 bits per heavy atom. The maximum atomic E-state index is 11.3. The Bertz CT molecular complexity index is 432. The van der Waals surface area contributed by atoms with E-state index in [9.17, 15) is 9.59 Å². The molecular weight excluding hydrogens is 200 g/mol. The molecule has 0 radical (unpaired) electrons. The van der Waals surface area contributed by atoms with E-state index in [-0.39, 0.29) is 12.4 Å². The van der Waals surface area contributed by atoms with Crippen LogP contribution in [0.4, 0.5) is 5.82 Å². The van der Waals surface area contributed by atoms with Gasteiger partial charge in [0.15, 0.2) is 0 Å². The average Bonchev–Trinajstić information content (AvgIpc) is 2.22. The number of hydrogen-bond acceptors (Lipinski definition) is 5. The highest BCUT2D eigenvalue weighted by Crippen LogP contribution is 2.12. The average molecular weight is 214 g/mol. The number of H-pyrrole nitrogens is 2. The van der Waals surface area contributed by atoms with Crippen molar-refractivity contribution in [3.8, 4) is 0 Å². The summed E-state index contributed by atoms with van der Waals surface area (Å²) < 4.78 is 0. The molecule has 1 rings (SSSR count). The minimum atomic E-state index is -0.659. The lowest BCUT2D eigenvalue weighted by Gasteiger charge is -2.26. The van der Waals surface area contributed by atoms with Crippen LogP contribution in [0.1, 0.15) is 20.3 Å². The summed E-state index contributed by atoms with van der Waals surface area (Å²) in [6, 6.07) is 0. The van der Waals surface area contributed by atoms with Crippen molar-refractivity contribution in [1.29, 1.82) is 0 Å². The fourth-order valence-corrected chi connectivity index (χ4v) is 0.958. The molecule has 1 heterocycles. The van der Waals surface area contributed by atoms with E-state index in [4.69, 9.17) is 5.11 Å². The molecule has 0 fully saturated rings. The third kappa shape index (κ3) is 2.66. The molecule has 0 aliphatic carbocycles. The van der Waals surface area contributed by atoms with Crippen LogP contribution in [0.3, 0.4) is 0 Å². The lowest BCUT2D eigenvalue weighted by molar-refractivity contribution is 0.218. The smallest absolute Gasteiger partial charge is 0.342 e. The predicted molar refractivity (Wildman–Crippen MR) is 54.9 cm³/mol. The molecule has 0 amide bonds. The van der Waals surface area contributed by atoms with Crippen molar-refractivity contribution in [2.75, 3.05) is 11.9 Å². The Hall–Kier alpha value is -1.63. The third-order valence-corrected chi connectivity index (χ3v) is 2.26. The number of aliphatic hydroxyl groups excluding tert-OH is 1. The second kappa shape index (κ2) is 4.26. The van der Waals surface area contributed by atoms with Gasteiger partial charge in [0.05, 0.1) is 12.1 Å². The topological polar surface area (TPSA) is 111 Å². The standard InChI is InChI=1S/C8H14N4O3/c1-3-8(2,4-13)10-5-6(14)9-7(15)12-11-5/h13H,3-4H2,1-2H3,(H,10,11)(H2,9,12,14,15). The monoisotopic (exact) mass is 214 g/mol. The quantitative estimate of drug-likeness (QED) is 0.515. The van der Waals surface area contributed by atoms with Gasteiger partial charge in [0.25, 0.3) is 5.56 Å². The number of anilines is 1. The summed E-state index contributed by atoms with van der Waals surface area (Å²) in [5.74, 6) is -0.00648. The van der Waals surface area contributed by atoms with Crippen molar-refractivity contribution in [2.45, 2.75) is 25.8 Å². The molecule has 7 heteroatoms. The maximum absolute atomic E-state index is 11.3. The van der Waals surface area contributed by atoms with Crippen LogP contribution in [0.5, 0.6) is 0 Å². The molecule has 0 saturated carbocycles. The Morgan fingerprint density at radius 2 is 2.20 bits per heavy atom. The van der Waals surface area contributed by atoms with Gasteiger partial charge in [-0.25, -0.2) is 9.89 Å². The number of aromatic nitrogens is 3. The van der Waals surface area contributed by atoms with Crippen LogP contribution < -0.4 is 16.6 Å². The first-order valence-corrected chi connectivity index (χ1v) is 4.59. The van der Waals surface area contributed by atoms with Crippen LogP contribution in [0.2, 0.25) is 0 Å². The van der Waals surface area contributed by atoms with E-state index < -0.39 is 16.8 Å². The molecule has 15 heavy (non-hydrogen) atoms. The Labute approximate surface area is 85.6 Å². The van der Waals surface area contributed by atoms with Crippen LogP contribution in [0, 0.1) is 0 Å². The molecule has 0 aromatic carbocycles. The van der Waals surface area contributed by atoms with Gasteiger partial charge in [0.1, 0.15) is 0 Å². The highest BCUT2D eigenvalue weighted by atomic mass is 16.3. The molecule has 1 aromatic rings. The van der Waals surface area contributed by atoms with Gasteiger partial charge in [-0.1, -0.05) is 6.92 Å². The van der Waals surface area contributed by atoms with Crippen molar-refractivity contribution in [3.05, 3.63) is 20.8 Å². The van der Waals surface area contributed by atoms with Gasteiger partial charge in [-0.2, -0.15) is 0 Å². The number of nitrogens with zero attached hydrogens (tertiary/aromatic N) is 1. The molecule has 84 valence electrons. The molecule has 7 nitrogen and oxygen atoms in total. The number of aromatic amines is 2. The lowest BCUT2D eigenvalue weighted by Crippen LogP contribution is -2.41. The summed E-state index contributed by atoms with van der Waals surface area (Å²) in [6.07, 6.45) is 0.615. The molecule has 1 aromatic heterocycles. The van der Waals surface area contributed by atoms with E-state index in [0.717, 1.165) is 0 Å². The van der Waals surface area contributed by atoms with E-state index in [1.54, 1.807) is 6.92 Å². The second-order valence-corrected chi connectivity index (χ2v) is 3.55. The SMILES string of the molecule is CCC(C)(CO)Nc1n[nH]c(=O)[nH]c1=O. The fourth-order valence-electron chi connectivity index (χ4n) is 0.958. The molecule has 0 spiro atoms. The van der Waals surface area contributed by atoms with Crippen LogP contribution in [-0.4, -0.2) is 32.4 Å². The summed E-state index contributed by atoms with van der Waals surface area (Å²) >= 11 is 0. The van der Waals surface area contributed by atoms with Gasteiger partial charge in [0.2, 0.25) is 5.82 Å². The molecule has 4 N–H and O–H groups in total. The predicted octanol–water partition coefficient (Wildman–Crippen LogP) is -0.969. The molecule has 1 atom stereocenters. The van der Waals surface area contributed by atoms with E-state index >= 15 is 0 Å². The van der Waals surface area contributed by atoms with Gasteiger partial charge in [0, 0.05) is 0 Å². The lowest BCUT2D eigenvalue weighted by atomic mass is 10.0. The molecule has 0 aliphatic heterocycles. The number of rotatable bonds is 4. The van der Waals surface area contributed by atoms with Crippen LogP contribution in [0.15, 0.2) is 9.59 Å². The summed E-state index contributed by atoms with van der Waals surface area (Å²) in [5.41, 5.74) is -1.89. The first-order valence-electron chi connectivity index (χ1n) is 4.59. The minimum Gasteiger partial charge on any atom is -0.394 e. The van der Waals surface area contributed by atoms with Gasteiger partial charge in [-0.15, -0.1) is 5.10 Å². The van der Waals surface area contributed by atoms with Crippen molar-refractivity contribution in [1.82, 2.24) is 15.2 Å². The zero-order valence-electron chi connectivity index (χ0n) is 8.63. The van der Waals surface area contributed by atoms with Crippen LogP contribution in [0.25, 0.3) is 0 Å². The van der Waals surface area contributed by atoms with Crippen LogP contribution >= 0.6 is 0 Å². The van der Waals surface area contributed by atoms with Gasteiger partial charge < -0.3 is 10.4 Å². The van der Waals surface area contributed by atoms with Crippen molar-refractivity contribution in [2.24, 2.45) is 0 Å². The van der Waals surface area contributed by atoms with E-state index in [1.165, 1.54) is 0 Å². The van der Waals surface area contributed by atoms with Crippen molar-refractivity contribution in [3.63, 3.8) is 0 Å². The summed E-state index contributed by atoms with van der Waals surface area (Å²) in [6.45, 7) is 3.48. The number of nitrogens with one attached hydrogen (secondary N) is 3. The van der Waals surface area contributed by atoms with Crippen LogP contribution in [-0.2, 0) is 0 Å². The third-order valence-electron chi connectivity index (χ3n) is 2.26. The van der Waals surface area contributed by atoms with Gasteiger partial charge in [-0.3, -0.25) is 9.78 Å². The van der Waals surface area contributed by atoms with E-state index in [2.05, 4.69) is 15.5 Å². The summed E-state index contributed by atoms with van der Waals surface area (Å²) in [4.78, 5) is 24.0. The van der Waals surface area contributed by atoms with E-state index in [0.29, 0.717) is 6.42 Å². The first-order chi connectivity index (χ1) is 7.00. The van der Waals surface area contributed by atoms with Crippen molar-refractivity contribution >= 4 is 5.82 Å². The van der Waals surface area contributed by atoms with Gasteiger partial charge >= 0.3 is 5.69 Å². The largest absolute Gasteiger partial charge is 0.394 e. The van der Waals surface area contributed by atoms with E-state index in [1.807, 2.05) is 11.9 Å².